The summed E-state index contributed by atoms with van der Waals surface area (Å²) < 4.78 is 5.24. The van der Waals surface area contributed by atoms with Gasteiger partial charge in [-0.05, 0) is 38.6 Å². The maximum absolute atomic E-state index is 11.3. The molecule has 0 aliphatic rings. The molecule has 1 atom stereocenters. The zero-order valence-corrected chi connectivity index (χ0v) is 10.6. The average Bonchev–Trinajstić information content (AvgIpc) is 2.76. The van der Waals surface area contributed by atoms with Gasteiger partial charge < -0.3 is 14.8 Å². The van der Waals surface area contributed by atoms with Crippen LogP contribution in [-0.2, 0) is 4.79 Å². The molecule has 0 radical (unpaired) electrons. The lowest BCUT2D eigenvalue weighted by atomic mass is 9.80. The molecule has 1 unspecified atom stereocenters. The van der Waals surface area contributed by atoms with Gasteiger partial charge in [0.05, 0.1) is 5.41 Å². The molecule has 18 heavy (non-hydrogen) atoms. The maximum Gasteiger partial charge on any atom is 0.311 e. The van der Waals surface area contributed by atoms with E-state index in [2.05, 4.69) is 10.3 Å². The van der Waals surface area contributed by atoms with Crippen molar-refractivity contribution in [3.63, 3.8) is 0 Å². The highest BCUT2D eigenvalue weighted by atomic mass is 16.4. The lowest BCUT2D eigenvalue weighted by molar-refractivity contribution is -0.148. The quantitative estimate of drug-likeness (QED) is 0.867. The third-order valence-electron chi connectivity index (χ3n) is 3.25. The Kier molecular flexibility index (Phi) is 3.09. The van der Waals surface area contributed by atoms with Crippen LogP contribution >= 0.6 is 0 Å². The van der Waals surface area contributed by atoms with Gasteiger partial charge in [-0.15, -0.1) is 0 Å². The molecule has 0 amide bonds. The fourth-order valence-electron chi connectivity index (χ4n) is 2.12. The fraction of sp³-hybridized carbons (Fsp3) is 0.385. The number of rotatable bonds is 4. The van der Waals surface area contributed by atoms with Crippen molar-refractivity contribution in [2.24, 2.45) is 5.41 Å². The minimum atomic E-state index is -0.914. The Hall–Kier alpha value is -1.88. The second kappa shape index (κ2) is 4.42. The van der Waals surface area contributed by atoms with Crippen LogP contribution in [0.1, 0.15) is 25.5 Å². The molecular formula is C13H16N2O3. The van der Waals surface area contributed by atoms with Crippen molar-refractivity contribution in [2.45, 2.75) is 19.9 Å². The summed E-state index contributed by atoms with van der Waals surface area (Å²) in [7, 11) is 1.75. The minimum Gasteiger partial charge on any atom is -0.481 e. The first-order valence-electron chi connectivity index (χ1n) is 5.70. The molecule has 0 saturated heterocycles. The largest absolute Gasteiger partial charge is 0.481 e. The van der Waals surface area contributed by atoms with Crippen molar-refractivity contribution < 1.29 is 14.3 Å². The number of hydrogen-bond acceptors (Lipinski definition) is 4. The van der Waals surface area contributed by atoms with Crippen LogP contribution in [0.4, 0.5) is 0 Å². The van der Waals surface area contributed by atoms with Crippen LogP contribution < -0.4 is 5.32 Å². The molecule has 5 heteroatoms. The number of oxazole rings is 1. The molecule has 0 spiro atoms. The summed E-state index contributed by atoms with van der Waals surface area (Å²) in [4.78, 5) is 15.4. The highest BCUT2D eigenvalue weighted by Gasteiger charge is 2.37. The predicted molar refractivity (Wildman–Crippen MR) is 67.2 cm³/mol. The highest BCUT2D eigenvalue weighted by molar-refractivity contribution is 5.76. The first kappa shape index (κ1) is 12.6. The first-order valence-corrected chi connectivity index (χ1v) is 5.70. The predicted octanol–water partition coefficient (Wildman–Crippen LogP) is 2.20. The number of nitrogens with one attached hydrogen (secondary N) is 1. The molecule has 0 saturated carbocycles. The van der Waals surface area contributed by atoms with Gasteiger partial charge >= 0.3 is 5.97 Å². The monoisotopic (exact) mass is 248 g/mol. The SMILES string of the molecule is CNC(c1ccc2ncoc2c1)C(C)(C)C(=O)O. The summed E-state index contributed by atoms with van der Waals surface area (Å²) in [5.74, 6) is -0.848. The molecule has 2 N–H and O–H groups in total. The number of hydrogen-bond donors (Lipinski definition) is 2. The molecule has 96 valence electrons. The molecule has 0 fully saturated rings. The summed E-state index contributed by atoms with van der Waals surface area (Å²) in [6.45, 7) is 3.39. The van der Waals surface area contributed by atoms with Crippen LogP contribution in [-0.4, -0.2) is 23.1 Å². The van der Waals surface area contributed by atoms with E-state index in [-0.39, 0.29) is 6.04 Å². The van der Waals surface area contributed by atoms with Crippen LogP contribution in [0.3, 0.4) is 0 Å². The number of nitrogens with zero attached hydrogens (tertiary/aromatic N) is 1. The van der Waals surface area contributed by atoms with Gasteiger partial charge in [0.15, 0.2) is 12.0 Å². The normalized spacial score (nSPS) is 13.7. The highest BCUT2D eigenvalue weighted by Crippen LogP contribution is 2.34. The van der Waals surface area contributed by atoms with Crippen molar-refractivity contribution in [2.75, 3.05) is 7.05 Å². The molecule has 2 rings (SSSR count). The van der Waals surface area contributed by atoms with Gasteiger partial charge in [0, 0.05) is 6.04 Å². The number of carboxylic acids is 1. The van der Waals surface area contributed by atoms with Gasteiger partial charge in [0.1, 0.15) is 5.52 Å². The lowest BCUT2D eigenvalue weighted by Gasteiger charge is -2.30. The summed E-state index contributed by atoms with van der Waals surface area (Å²) in [5.41, 5.74) is 1.38. The molecule has 0 aliphatic heterocycles. The number of benzene rings is 1. The van der Waals surface area contributed by atoms with Crippen molar-refractivity contribution in [1.82, 2.24) is 10.3 Å². The van der Waals surface area contributed by atoms with Crippen molar-refractivity contribution in [1.29, 1.82) is 0 Å². The van der Waals surface area contributed by atoms with Gasteiger partial charge in [-0.25, -0.2) is 4.98 Å². The summed E-state index contributed by atoms with van der Waals surface area (Å²) in [5, 5.41) is 12.4. The van der Waals surface area contributed by atoms with E-state index in [1.165, 1.54) is 6.39 Å². The van der Waals surface area contributed by atoms with Gasteiger partial charge in [0.25, 0.3) is 0 Å². The Balaban J connectivity index is 2.46. The van der Waals surface area contributed by atoms with Crippen molar-refractivity contribution in [3.8, 4) is 0 Å². The van der Waals surface area contributed by atoms with E-state index in [1.54, 1.807) is 20.9 Å². The zero-order chi connectivity index (χ0) is 13.3. The first-order chi connectivity index (χ1) is 8.46. The van der Waals surface area contributed by atoms with Crippen LogP contribution in [0, 0.1) is 5.41 Å². The Morgan fingerprint density at radius 2 is 2.22 bits per heavy atom. The van der Waals surface area contributed by atoms with E-state index in [0.29, 0.717) is 5.58 Å². The van der Waals surface area contributed by atoms with Crippen LogP contribution in [0.15, 0.2) is 29.0 Å². The second-order valence-electron chi connectivity index (χ2n) is 4.83. The number of fused-ring (bicyclic) bond motifs is 1. The van der Waals surface area contributed by atoms with E-state index in [9.17, 15) is 9.90 Å². The van der Waals surface area contributed by atoms with Crippen LogP contribution in [0.5, 0.6) is 0 Å². The molecule has 2 aromatic rings. The van der Waals surface area contributed by atoms with Gasteiger partial charge in [-0.1, -0.05) is 6.07 Å². The number of aliphatic carboxylic acids is 1. The summed E-state index contributed by atoms with van der Waals surface area (Å²) >= 11 is 0. The van der Waals surface area contributed by atoms with Gasteiger partial charge in [-0.3, -0.25) is 4.79 Å². The molecule has 0 bridgehead atoms. The molecule has 1 heterocycles. The third kappa shape index (κ3) is 1.97. The Bertz CT molecular complexity index is 574. The Labute approximate surface area is 105 Å². The van der Waals surface area contributed by atoms with Crippen LogP contribution in [0.2, 0.25) is 0 Å². The molecule has 5 nitrogen and oxygen atoms in total. The van der Waals surface area contributed by atoms with E-state index >= 15 is 0 Å². The Morgan fingerprint density at radius 3 is 2.83 bits per heavy atom. The van der Waals surface area contributed by atoms with Gasteiger partial charge in [0.2, 0.25) is 0 Å². The van der Waals surface area contributed by atoms with Crippen molar-refractivity contribution in [3.05, 3.63) is 30.2 Å². The fourth-order valence-corrected chi connectivity index (χ4v) is 2.12. The lowest BCUT2D eigenvalue weighted by Crippen LogP contribution is -2.38. The van der Waals surface area contributed by atoms with E-state index in [0.717, 1.165) is 11.1 Å². The standard InChI is InChI=1S/C13H16N2O3/c1-13(2,12(16)17)11(14-3)8-4-5-9-10(6-8)18-7-15-9/h4-7,11,14H,1-3H3,(H,16,17). The van der Waals surface area contributed by atoms with Crippen molar-refractivity contribution >= 4 is 17.1 Å². The maximum atomic E-state index is 11.3. The molecule has 0 aliphatic carbocycles. The van der Waals surface area contributed by atoms with E-state index < -0.39 is 11.4 Å². The van der Waals surface area contributed by atoms with Gasteiger partial charge in [-0.2, -0.15) is 0 Å². The smallest absolute Gasteiger partial charge is 0.311 e. The zero-order valence-electron chi connectivity index (χ0n) is 10.6. The average molecular weight is 248 g/mol. The minimum absolute atomic E-state index is 0.301. The number of carboxylic acid groups (broad SMARTS) is 1. The molecule has 1 aromatic heterocycles. The third-order valence-corrected chi connectivity index (χ3v) is 3.25. The van der Waals surface area contributed by atoms with Crippen LogP contribution in [0.25, 0.3) is 11.1 Å². The summed E-state index contributed by atoms with van der Waals surface area (Å²) in [6.07, 6.45) is 1.38. The number of carbonyl (C=O) groups is 1. The summed E-state index contributed by atoms with van der Waals surface area (Å²) in [6, 6.07) is 5.23. The van der Waals surface area contributed by atoms with E-state index in [1.807, 2.05) is 18.2 Å². The topological polar surface area (TPSA) is 75.4 Å². The Morgan fingerprint density at radius 1 is 1.50 bits per heavy atom. The molecule has 1 aromatic carbocycles. The van der Waals surface area contributed by atoms with E-state index in [4.69, 9.17) is 4.42 Å². The molecular weight excluding hydrogens is 232 g/mol. The number of aromatic nitrogens is 1. The second-order valence-corrected chi connectivity index (χ2v) is 4.83.